The predicted molar refractivity (Wildman–Crippen MR) is 73.3 cm³/mol. The minimum atomic E-state index is -0.737. The van der Waals surface area contributed by atoms with E-state index < -0.39 is 5.97 Å². The lowest BCUT2D eigenvalue weighted by Gasteiger charge is -1.89. The van der Waals surface area contributed by atoms with Crippen LogP contribution < -0.4 is 0 Å². The molecule has 0 unspecified atom stereocenters. The van der Waals surface area contributed by atoms with Crippen LogP contribution in [0.3, 0.4) is 0 Å². The van der Waals surface area contributed by atoms with Crippen molar-refractivity contribution in [3.05, 3.63) is 48.6 Å². The van der Waals surface area contributed by atoms with Crippen LogP contribution in [0, 0.1) is 0 Å². The Morgan fingerprint density at radius 3 is 2.22 bits per heavy atom. The summed E-state index contributed by atoms with van der Waals surface area (Å²) >= 11 is 0. The highest BCUT2D eigenvalue weighted by molar-refractivity contribution is 5.66. The number of aldehydes is 1. The molecular formula is C15H20O3. The Bertz CT molecular complexity index is 336. The molecule has 0 heterocycles. The molecule has 3 heteroatoms. The predicted octanol–water partition coefficient (Wildman–Crippen LogP) is 3.45. The third-order valence-electron chi connectivity index (χ3n) is 2.08. The van der Waals surface area contributed by atoms with Crippen molar-refractivity contribution >= 4 is 12.3 Å². The van der Waals surface area contributed by atoms with Gasteiger partial charge in [-0.15, -0.1) is 0 Å². The second kappa shape index (κ2) is 13.2. The Kier molecular flexibility index (Phi) is 11.8. The van der Waals surface area contributed by atoms with Crippen LogP contribution in [0.1, 0.15) is 32.1 Å². The number of rotatable bonds is 10. The monoisotopic (exact) mass is 248 g/mol. The van der Waals surface area contributed by atoms with Gasteiger partial charge in [0.15, 0.2) is 0 Å². The molecule has 0 radical (unpaired) electrons. The Morgan fingerprint density at radius 2 is 1.56 bits per heavy atom. The lowest BCUT2D eigenvalue weighted by Crippen LogP contribution is -1.92. The Hall–Kier alpha value is -1.90. The van der Waals surface area contributed by atoms with Crippen molar-refractivity contribution in [2.45, 2.75) is 32.1 Å². The molecule has 0 spiro atoms. The van der Waals surface area contributed by atoms with E-state index in [0.717, 1.165) is 25.5 Å². The fraction of sp³-hybridized carbons (Fsp3) is 0.333. The Balaban J connectivity index is 3.44. The molecule has 0 bridgehead atoms. The topological polar surface area (TPSA) is 54.4 Å². The molecule has 0 saturated heterocycles. The quantitative estimate of drug-likeness (QED) is 0.212. The van der Waals surface area contributed by atoms with Gasteiger partial charge in [-0.1, -0.05) is 42.5 Å². The second-order valence-corrected chi connectivity index (χ2v) is 3.65. The fourth-order valence-electron chi connectivity index (χ4n) is 1.20. The molecular weight excluding hydrogens is 228 g/mol. The van der Waals surface area contributed by atoms with Gasteiger partial charge in [-0.2, -0.15) is 0 Å². The van der Waals surface area contributed by atoms with E-state index in [9.17, 15) is 9.59 Å². The van der Waals surface area contributed by atoms with Crippen molar-refractivity contribution < 1.29 is 14.7 Å². The lowest BCUT2D eigenvalue weighted by atomic mass is 10.2. The third kappa shape index (κ3) is 14.1. The van der Waals surface area contributed by atoms with E-state index in [2.05, 4.69) is 6.08 Å². The number of hydrogen-bond acceptors (Lipinski definition) is 2. The molecule has 0 aliphatic heterocycles. The minimum absolute atomic E-state index is 0.235. The summed E-state index contributed by atoms with van der Waals surface area (Å²) in [5, 5.41) is 8.42. The van der Waals surface area contributed by atoms with Crippen LogP contribution >= 0.6 is 0 Å². The van der Waals surface area contributed by atoms with Gasteiger partial charge in [-0.25, -0.2) is 0 Å². The average molecular weight is 248 g/mol. The second-order valence-electron chi connectivity index (χ2n) is 3.65. The maximum Gasteiger partial charge on any atom is 0.303 e. The number of unbranched alkanes of at least 4 members (excludes halogenated alkanes) is 1. The lowest BCUT2D eigenvalue weighted by molar-refractivity contribution is -0.137. The van der Waals surface area contributed by atoms with Gasteiger partial charge < -0.3 is 5.11 Å². The van der Waals surface area contributed by atoms with Crippen LogP contribution in [0.15, 0.2) is 48.6 Å². The van der Waals surface area contributed by atoms with E-state index in [4.69, 9.17) is 5.11 Å². The van der Waals surface area contributed by atoms with E-state index in [1.54, 1.807) is 6.08 Å². The van der Waals surface area contributed by atoms with Crippen LogP contribution in [0.5, 0.6) is 0 Å². The molecule has 0 aliphatic carbocycles. The van der Waals surface area contributed by atoms with Crippen molar-refractivity contribution in [3.63, 3.8) is 0 Å². The van der Waals surface area contributed by atoms with Crippen molar-refractivity contribution in [2.24, 2.45) is 0 Å². The molecule has 0 aromatic rings. The standard InChI is InChI=1S/C15H20O3/c16-14-12-10-8-6-4-2-1-3-5-7-9-11-13-15(17)18/h1-2,5-8,10,12,14H,3-4,9,11,13H2,(H,17,18)/b2-1+,7-5+,8-6+,12-10+. The van der Waals surface area contributed by atoms with E-state index in [-0.39, 0.29) is 6.42 Å². The van der Waals surface area contributed by atoms with E-state index in [1.807, 2.05) is 30.4 Å². The van der Waals surface area contributed by atoms with Crippen molar-refractivity contribution in [1.29, 1.82) is 0 Å². The SMILES string of the molecule is O=C/C=C/C=C/C/C=C/C/C=C/CCCC(=O)O. The van der Waals surface area contributed by atoms with Gasteiger partial charge in [0.05, 0.1) is 0 Å². The number of allylic oxidation sites excluding steroid dienone is 8. The first-order valence-electron chi connectivity index (χ1n) is 6.06. The molecule has 0 aliphatic rings. The van der Waals surface area contributed by atoms with Crippen LogP contribution in [0.4, 0.5) is 0 Å². The summed E-state index contributed by atoms with van der Waals surface area (Å²) in [5.41, 5.74) is 0. The number of carbonyl (C=O) groups is 2. The molecule has 18 heavy (non-hydrogen) atoms. The van der Waals surface area contributed by atoms with Gasteiger partial charge in [0.25, 0.3) is 0 Å². The van der Waals surface area contributed by atoms with Gasteiger partial charge in [-0.3, -0.25) is 9.59 Å². The Morgan fingerprint density at radius 1 is 0.889 bits per heavy atom. The van der Waals surface area contributed by atoms with E-state index in [1.165, 1.54) is 6.08 Å². The van der Waals surface area contributed by atoms with Gasteiger partial charge in [0.2, 0.25) is 0 Å². The number of carboxylic acid groups (broad SMARTS) is 1. The third-order valence-corrected chi connectivity index (χ3v) is 2.08. The summed E-state index contributed by atoms with van der Waals surface area (Å²) in [5.74, 6) is -0.737. The molecule has 0 rings (SSSR count). The van der Waals surface area contributed by atoms with Crippen LogP contribution in [-0.2, 0) is 9.59 Å². The summed E-state index contributed by atoms with van der Waals surface area (Å²) in [7, 11) is 0. The smallest absolute Gasteiger partial charge is 0.303 e. The zero-order valence-corrected chi connectivity index (χ0v) is 10.5. The molecule has 0 aromatic carbocycles. The van der Waals surface area contributed by atoms with E-state index >= 15 is 0 Å². The van der Waals surface area contributed by atoms with Gasteiger partial charge in [0, 0.05) is 6.42 Å². The number of aliphatic carboxylic acids is 1. The maximum absolute atomic E-state index is 10.2. The molecule has 3 nitrogen and oxygen atoms in total. The first-order valence-corrected chi connectivity index (χ1v) is 6.06. The summed E-state index contributed by atoms with van der Waals surface area (Å²) in [6.45, 7) is 0. The average Bonchev–Trinajstić information content (AvgIpc) is 2.34. The summed E-state index contributed by atoms with van der Waals surface area (Å²) in [4.78, 5) is 20.2. The number of carboxylic acids is 1. The van der Waals surface area contributed by atoms with Crippen molar-refractivity contribution in [3.8, 4) is 0 Å². The molecule has 0 amide bonds. The largest absolute Gasteiger partial charge is 0.481 e. The zero-order chi connectivity index (χ0) is 13.5. The fourth-order valence-corrected chi connectivity index (χ4v) is 1.20. The van der Waals surface area contributed by atoms with Crippen LogP contribution in [0.25, 0.3) is 0 Å². The number of hydrogen-bond donors (Lipinski definition) is 1. The van der Waals surface area contributed by atoms with Crippen molar-refractivity contribution in [2.75, 3.05) is 0 Å². The molecule has 0 aromatic heterocycles. The summed E-state index contributed by atoms with van der Waals surface area (Å²) in [6, 6.07) is 0. The zero-order valence-electron chi connectivity index (χ0n) is 10.5. The van der Waals surface area contributed by atoms with Crippen molar-refractivity contribution in [1.82, 2.24) is 0 Å². The highest BCUT2D eigenvalue weighted by atomic mass is 16.4. The van der Waals surface area contributed by atoms with Gasteiger partial charge >= 0.3 is 5.97 Å². The van der Waals surface area contributed by atoms with Gasteiger partial charge in [0.1, 0.15) is 6.29 Å². The number of carbonyl (C=O) groups excluding carboxylic acids is 1. The molecule has 0 saturated carbocycles. The van der Waals surface area contributed by atoms with Gasteiger partial charge in [-0.05, 0) is 31.8 Å². The molecule has 0 atom stereocenters. The first-order chi connectivity index (χ1) is 8.77. The maximum atomic E-state index is 10.2. The first kappa shape index (κ1) is 16.1. The normalized spacial score (nSPS) is 12.2. The highest BCUT2D eigenvalue weighted by Crippen LogP contribution is 1.98. The van der Waals surface area contributed by atoms with Crippen LogP contribution in [0.2, 0.25) is 0 Å². The summed E-state index contributed by atoms with van der Waals surface area (Å²) in [6.07, 6.45) is 19.3. The summed E-state index contributed by atoms with van der Waals surface area (Å²) < 4.78 is 0. The minimum Gasteiger partial charge on any atom is -0.481 e. The highest BCUT2D eigenvalue weighted by Gasteiger charge is 1.92. The van der Waals surface area contributed by atoms with E-state index in [0.29, 0.717) is 6.42 Å². The Labute approximate surface area is 108 Å². The molecule has 98 valence electrons. The molecule has 1 N–H and O–H groups in total. The molecule has 0 fully saturated rings. The van der Waals surface area contributed by atoms with Crippen LogP contribution in [-0.4, -0.2) is 17.4 Å².